The van der Waals surface area contributed by atoms with Crippen molar-refractivity contribution in [3.8, 4) is 23.0 Å². The topological polar surface area (TPSA) is 207 Å². The fourth-order valence-electron chi connectivity index (χ4n) is 5.45. The number of hydrazine groups is 1. The van der Waals surface area contributed by atoms with Crippen LogP contribution in [0.25, 0.3) is 0 Å². The number of alkyl carbamates (subject to hydrolysis) is 1. The van der Waals surface area contributed by atoms with Crippen LogP contribution in [0.15, 0.2) is 72.1 Å². The number of rotatable bonds is 15. The first-order chi connectivity index (χ1) is 25.7. The first kappa shape index (κ1) is 38.9. The van der Waals surface area contributed by atoms with Crippen molar-refractivity contribution in [3.63, 3.8) is 0 Å². The number of pyridine rings is 1. The van der Waals surface area contributed by atoms with Crippen LogP contribution < -0.4 is 34.9 Å². The number of benzene rings is 2. The number of hydrogen-bond donors (Lipinski definition) is 4. The summed E-state index contributed by atoms with van der Waals surface area (Å²) in [6.45, 7) is 4.58. The van der Waals surface area contributed by atoms with Gasteiger partial charge in [0.25, 0.3) is 11.8 Å². The van der Waals surface area contributed by atoms with Gasteiger partial charge in [0.05, 0.1) is 51.3 Å². The van der Waals surface area contributed by atoms with E-state index < -0.39 is 53.7 Å². The molecule has 2 aliphatic rings. The number of amides is 4. The molecule has 1 saturated heterocycles. The molecule has 3 heterocycles. The summed E-state index contributed by atoms with van der Waals surface area (Å²) >= 11 is 0. The van der Waals surface area contributed by atoms with Crippen LogP contribution in [0.3, 0.4) is 0 Å². The molecule has 1 fully saturated rings. The van der Waals surface area contributed by atoms with Crippen molar-refractivity contribution in [1.82, 2.24) is 31.0 Å². The summed E-state index contributed by atoms with van der Waals surface area (Å²) in [6, 6.07) is 15.3. The van der Waals surface area contributed by atoms with Gasteiger partial charge >= 0.3 is 12.1 Å². The summed E-state index contributed by atoms with van der Waals surface area (Å²) in [7, 11) is 3.17. The summed E-state index contributed by atoms with van der Waals surface area (Å²) in [5, 5.41) is 19.6. The van der Waals surface area contributed by atoms with Crippen LogP contribution in [0, 0.1) is 0 Å². The van der Waals surface area contributed by atoms with Crippen LogP contribution in [0.5, 0.6) is 23.0 Å². The first-order valence-electron chi connectivity index (χ1n) is 16.8. The fraction of sp³-hybridized carbons (Fsp3) is 0.351. The molecule has 286 valence electrons. The Morgan fingerprint density at radius 3 is 2.04 bits per heavy atom. The molecule has 0 spiro atoms. The van der Waals surface area contributed by atoms with Gasteiger partial charge in [-0.2, -0.15) is 0 Å². The van der Waals surface area contributed by atoms with E-state index in [0.29, 0.717) is 22.9 Å². The van der Waals surface area contributed by atoms with Crippen LogP contribution in [-0.2, 0) is 43.7 Å². The van der Waals surface area contributed by atoms with Gasteiger partial charge in [0.1, 0.15) is 36.4 Å². The molecule has 0 bridgehead atoms. The number of nitrogens with one attached hydrogen (secondary N) is 3. The van der Waals surface area contributed by atoms with E-state index in [1.807, 2.05) is 48.5 Å². The Hall–Kier alpha value is -6.36. The van der Waals surface area contributed by atoms with E-state index in [2.05, 4.69) is 20.9 Å². The largest absolute Gasteiger partial charge is 0.497 e. The van der Waals surface area contributed by atoms with Crippen molar-refractivity contribution in [3.05, 3.63) is 88.9 Å². The molecule has 4 N–H and O–H groups in total. The third-order valence-electron chi connectivity index (χ3n) is 8.06. The molecule has 17 nitrogen and oxygen atoms in total. The number of carboxylic acid groups (broad SMARTS) is 1. The minimum Gasteiger partial charge on any atom is -0.497 e. The molecule has 5 rings (SSSR count). The Labute approximate surface area is 311 Å². The molecule has 3 aromatic rings. The second kappa shape index (κ2) is 17.0. The molecule has 17 heteroatoms. The third-order valence-corrected chi connectivity index (χ3v) is 8.06. The second-order valence-corrected chi connectivity index (χ2v) is 13.2. The number of ether oxygens (including phenoxy) is 5. The lowest BCUT2D eigenvalue weighted by Gasteiger charge is -2.21. The summed E-state index contributed by atoms with van der Waals surface area (Å²) in [5.74, 6) is -1.50. The summed E-state index contributed by atoms with van der Waals surface area (Å²) in [4.78, 5) is 67.7. The minimum atomic E-state index is -1.52. The van der Waals surface area contributed by atoms with Gasteiger partial charge in [0.15, 0.2) is 17.2 Å². The normalized spacial score (nSPS) is 15.3. The number of carbonyl (C=O) groups is 5. The van der Waals surface area contributed by atoms with Gasteiger partial charge in [0.2, 0.25) is 5.91 Å². The number of hydrogen-bond acceptors (Lipinski definition) is 12. The second-order valence-electron chi connectivity index (χ2n) is 13.2. The van der Waals surface area contributed by atoms with Crippen LogP contribution in [0.4, 0.5) is 4.79 Å². The van der Waals surface area contributed by atoms with Crippen molar-refractivity contribution in [2.75, 3.05) is 33.9 Å². The zero-order valence-corrected chi connectivity index (χ0v) is 30.5. The quantitative estimate of drug-likeness (QED) is 0.176. The zero-order chi connectivity index (χ0) is 39.0. The van der Waals surface area contributed by atoms with Crippen molar-refractivity contribution in [2.45, 2.75) is 52.2 Å². The predicted molar refractivity (Wildman–Crippen MR) is 190 cm³/mol. The Morgan fingerprint density at radius 1 is 0.889 bits per heavy atom. The highest BCUT2D eigenvalue weighted by Crippen LogP contribution is 2.31. The Kier molecular flexibility index (Phi) is 12.2. The van der Waals surface area contributed by atoms with E-state index in [0.717, 1.165) is 21.9 Å². The lowest BCUT2D eigenvalue weighted by atomic mass is 10.1. The molecule has 1 atom stereocenters. The lowest BCUT2D eigenvalue weighted by molar-refractivity contribution is -0.143. The standard InChI is InChI=1S/C37H42N6O11/c1-37(2,3)54-36(49)41-28-19-42-18-27(32(35(47)48)43(42)34(28)46)33(45)40-17-31(44)39-15-24-14-29(52-20-22-6-10-25(50-4)11-7-22)30(16-38-24)53-21-23-8-12-26(51-5)13-9-23/h6-14,16,28H,15,17-21H2,1-5H3,(H,39,44)(H,40,45)(H,41,49)(H,47,48)/t28-/m0/s1. The zero-order valence-electron chi connectivity index (χ0n) is 30.5. The minimum absolute atomic E-state index is 0.0302. The first-order valence-corrected chi connectivity index (χ1v) is 16.8. The SMILES string of the molecule is COc1ccc(COc2cnc(CNC(=O)CNC(=O)C3=C(C(=O)O)N4C(=O)[C@@H](NC(=O)OC(C)(C)C)CN4C3)cc2OCc2ccc(OC)cc2)cc1. The molecule has 4 amide bonds. The van der Waals surface area contributed by atoms with Crippen LogP contribution in [0.1, 0.15) is 37.6 Å². The van der Waals surface area contributed by atoms with Crippen LogP contribution >= 0.6 is 0 Å². The highest BCUT2D eigenvalue weighted by molar-refractivity contribution is 6.07. The average Bonchev–Trinajstić information content (AvgIpc) is 3.66. The molecule has 1 aromatic heterocycles. The van der Waals surface area contributed by atoms with Gasteiger partial charge in [-0.25, -0.2) is 19.6 Å². The Bertz CT molecular complexity index is 1910. The number of methoxy groups -OCH3 is 2. The highest BCUT2D eigenvalue weighted by atomic mass is 16.6. The predicted octanol–water partition coefficient (Wildman–Crippen LogP) is 2.29. The van der Waals surface area contributed by atoms with Gasteiger partial charge in [-0.15, -0.1) is 0 Å². The Balaban J connectivity index is 1.19. The maximum atomic E-state index is 13.1. The molecule has 2 aliphatic heterocycles. The van der Waals surface area contributed by atoms with E-state index in [-0.39, 0.29) is 38.4 Å². The van der Waals surface area contributed by atoms with E-state index in [9.17, 15) is 29.1 Å². The number of nitrogens with zero attached hydrogens (tertiary/aromatic N) is 3. The fourth-order valence-corrected chi connectivity index (χ4v) is 5.45. The number of carbonyl (C=O) groups excluding carboxylic acids is 4. The monoisotopic (exact) mass is 746 g/mol. The van der Waals surface area contributed by atoms with Gasteiger partial charge in [0, 0.05) is 12.6 Å². The van der Waals surface area contributed by atoms with E-state index in [4.69, 9.17) is 23.7 Å². The van der Waals surface area contributed by atoms with Crippen molar-refractivity contribution >= 4 is 29.8 Å². The summed E-state index contributed by atoms with van der Waals surface area (Å²) in [5.41, 5.74) is 0.613. The van der Waals surface area contributed by atoms with E-state index in [1.54, 1.807) is 41.1 Å². The maximum Gasteiger partial charge on any atom is 0.408 e. The lowest BCUT2D eigenvalue weighted by Crippen LogP contribution is -2.45. The number of aromatic nitrogens is 1. The molecule has 0 saturated carbocycles. The van der Waals surface area contributed by atoms with Gasteiger partial charge in [-0.05, 0) is 56.2 Å². The van der Waals surface area contributed by atoms with Crippen LogP contribution in [-0.4, -0.2) is 95.4 Å². The van der Waals surface area contributed by atoms with Crippen molar-refractivity contribution in [2.24, 2.45) is 0 Å². The van der Waals surface area contributed by atoms with Gasteiger partial charge < -0.3 is 44.7 Å². The molecule has 0 radical (unpaired) electrons. The Morgan fingerprint density at radius 2 is 1.48 bits per heavy atom. The number of aliphatic carboxylic acids is 1. The molecule has 0 aliphatic carbocycles. The van der Waals surface area contributed by atoms with Crippen molar-refractivity contribution in [1.29, 1.82) is 0 Å². The van der Waals surface area contributed by atoms with Gasteiger partial charge in [-0.1, -0.05) is 24.3 Å². The average molecular weight is 747 g/mol. The maximum absolute atomic E-state index is 13.1. The number of fused-ring (bicyclic) bond motifs is 1. The molecular formula is C37H42N6O11. The molecule has 2 aromatic carbocycles. The molecular weight excluding hydrogens is 704 g/mol. The van der Waals surface area contributed by atoms with Crippen molar-refractivity contribution < 1.29 is 52.8 Å². The van der Waals surface area contributed by atoms with Crippen LogP contribution in [0.2, 0.25) is 0 Å². The number of carboxylic acids is 1. The smallest absolute Gasteiger partial charge is 0.408 e. The summed E-state index contributed by atoms with van der Waals surface area (Å²) in [6.07, 6.45) is 0.654. The molecule has 0 unspecified atom stereocenters. The third kappa shape index (κ3) is 9.94. The van der Waals surface area contributed by atoms with E-state index in [1.165, 1.54) is 11.2 Å². The molecule has 54 heavy (non-hydrogen) atoms. The van der Waals surface area contributed by atoms with Gasteiger partial charge in [-0.3, -0.25) is 19.4 Å². The van der Waals surface area contributed by atoms with E-state index >= 15 is 0 Å². The summed E-state index contributed by atoms with van der Waals surface area (Å²) < 4.78 is 27.8. The highest BCUT2D eigenvalue weighted by Gasteiger charge is 2.49.